The monoisotopic (exact) mass is 264 g/mol. The van der Waals surface area contributed by atoms with E-state index >= 15 is 0 Å². The van der Waals surface area contributed by atoms with Crippen molar-refractivity contribution in [1.82, 2.24) is 10.2 Å². The molecule has 1 saturated heterocycles. The molecule has 1 aliphatic heterocycles. The van der Waals surface area contributed by atoms with Crippen LogP contribution in [0.15, 0.2) is 30.9 Å². The quantitative estimate of drug-likeness (QED) is 0.841. The zero-order valence-electron chi connectivity index (χ0n) is 11.0. The van der Waals surface area contributed by atoms with Crippen LogP contribution in [0.4, 0.5) is 0 Å². The molecule has 0 saturated carbocycles. The van der Waals surface area contributed by atoms with E-state index < -0.39 is 0 Å². The first-order chi connectivity index (χ1) is 8.74. The van der Waals surface area contributed by atoms with Gasteiger partial charge >= 0.3 is 0 Å². The predicted octanol–water partition coefficient (Wildman–Crippen LogP) is 3.17. The van der Waals surface area contributed by atoms with Crippen LogP contribution >= 0.6 is 11.6 Å². The summed E-state index contributed by atoms with van der Waals surface area (Å²) in [6.07, 6.45) is 2.94. The molecule has 1 aliphatic rings. The lowest BCUT2D eigenvalue weighted by atomic mass is 9.96. The smallest absolute Gasteiger partial charge is 0.0456 e. The van der Waals surface area contributed by atoms with Crippen molar-refractivity contribution in [3.63, 3.8) is 0 Å². The minimum absolute atomic E-state index is 0.360. The van der Waals surface area contributed by atoms with Gasteiger partial charge in [-0.15, -0.1) is 6.58 Å². The highest BCUT2D eigenvalue weighted by Crippen LogP contribution is 2.33. The van der Waals surface area contributed by atoms with E-state index in [1.165, 1.54) is 11.1 Å². The lowest BCUT2D eigenvalue weighted by molar-refractivity contribution is 0.174. The van der Waals surface area contributed by atoms with Gasteiger partial charge in [-0.05, 0) is 30.5 Å². The van der Waals surface area contributed by atoms with E-state index in [-0.39, 0.29) is 0 Å². The number of hydrogen-bond donors (Lipinski definition) is 1. The fourth-order valence-corrected chi connectivity index (χ4v) is 3.02. The van der Waals surface area contributed by atoms with Gasteiger partial charge in [0.1, 0.15) is 0 Å². The second kappa shape index (κ2) is 6.37. The summed E-state index contributed by atoms with van der Waals surface area (Å²) in [6, 6.07) is 6.50. The standard InChI is InChI=1S/C15H21ClN2/c1-3-5-14(18-10-8-17-9-11-18)15-12(2)6-4-7-13(15)16/h3-4,6-7,14,17H,1,5,8-11H2,2H3/t14-/m0/s1. The number of piperazine rings is 1. The van der Waals surface area contributed by atoms with Gasteiger partial charge in [-0.25, -0.2) is 0 Å². The zero-order valence-corrected chi connectivity index (χ0v) is 11.7. The van der Waals surface area contributed by atoms with Crippen molar-refractivity contribution in [3.05, 3.63) is 47.0 Å². The second-order valence-electron chi connectivity index (χ2n) is 4.80. The maximum absolute atomic E-state index is 6.40. The molecule has 1 atom stereocenters. The number of nitrogens with zero attached hydrogens (tertiary/aromatic N) is 1. The van der Waals surface area contributed by atoms with Crippen LogP contribution in [0, 0.1) is 6.92 Å². The Morgan fingerprint density at radius 1 is 1.44 bits per heavy atom. The van der Waals surface area contributed by atoms with E-state index in [2.05, 4.69) is 29.8 Å². The fourth-order valence-electron chi connectivity index (χ4n) is 2.67. The summed E-state index contributed by atoms with van der Waals surface area (Å²) in [5.74, 6) is 0. The Labute approximate surface area is 115 Å². The average Bonchev–Trinajstić information content (AvgIpc) is 2.38. The summed E-state index contributed by atoms with van der Waals surface area (Å²) >= 11 is 6.40. The molecule has 0 amide bonds. The van der Waals surface area contributed by atoms with Gasteiger partial charge in [0.25, 0.3) is 0 Å². The lowest BCUT2D eigenvalue weighted by Crippen LogP contribution is -2.45. The third kappa shape index (κ3) is 2.94. The van der Waals surface area contributed by atoms with E-state index in [9.17, 15) is 0 Å². The van der Waals surface area contributed by atoms with Crippen LogP contribution in [0.2, 0.25) is 5.02 Å². The van der Waals surface area contributed by atoms with E-state index in [1.54, 1.807) is 0 Å². The highest BCUT2D eigenvalue weighted by molar-refractivity contribution is 6.31. The Morgan fingerprint density at radius 2 is 2.17 bits per heavy atom. The molecule has 2 nitrogen and oxygen atoms in total. The molecule has 1 aromatic rings. The molecular weight excluding hydrogens is 244 g/mol. The highest BCUT2D eigenvalue weighted by Gasteiger charge is 2.24. The Morgan fingerprint density at radius 3 is 2.78 bits per heavy atom. The van der Waals surface area contributed by atoms with Crippen molar-refractivity contribution in [3.8, 4) is 0 Å². The van der Waals surface area contributed by atoms with Gasteiger partial charge in [-0.1, -0.05) is 29.8 Å². The highest BCUT2D eigenvalue weighted by atomic mass is 35.5. The Kier molecular flexibility index (Phi) is 4.81. The average molecular weight is 265 g/mol. The normalized spacial score (nSPS) is 18.6. The number of nitrogens with one attached hydrogen (secondary N) is 1. The molecule has 3 heteroatoms. The zero-order chi connectivity index (χ0) is 13.0. The molecule has 0 radical (unpaired) electrons. The second-order valence-corrected chi connectivity index (χ2v) is 5.20. The third-order valence-corrected chi connectivity index (χ3v) is 3.92. The molecule has 0 unspecified atom stereocenters. The van der Waals surface area contributed by atoms with Gasteiger partial charge < -0.3 is 5.32 Å². The molecule has 0 bridgehead atoms. The number of aryl methyl sites for hydroxylation is 1. The first kappa shape index (κ1) is 13.6. The third-order valence-electron chi connectivity index (χ3n) is 3.59. The molecule has 0 spiro atoms. The number of benzene rings is 1. The van der Waals surface area contributed by atoms with Gasteiger partial charge in [0.05, 0.1) is 0 Å². The van der Waals surface area contributed by atoms with Crippen molar-refractivity contribution < 1.29 is 0 Å². The fraction of sp³-hybridized carbons (Fsp3) is 0.467. The summed E-state index contributed by atoms with van der Waals surface area (Å²) in [4.78, 5) is 2.51. The SMILES string of the molecule is C=CC[C@@H](c1c(C)cccc1Cl)N1CCNCC1. The molecule has 18 heavy (non-hydrogen) atoms. The Bertz CT molecular complexity index is 391. The van der Waals surface area contributed by atoms with Crippen molar-refractivity contribution >= 4 is 11.6 Å². The first-order valence-electron chi connectivity index (χ1n) is 6.54. The predicted molar refractivity (Wildman–Crippen MR) is 78.2 cm³/mol. The van der Waals surface area contributed by atoms with E-state index in [4.69, 9.17) is 11.6 Å². The largest absolute Gasteiger partial charge is 0.314 e. The summed E-state index contributed by atoms with van der Waals surface area (Å²) in [7, 11) is 0. The van der Waals surface area contributed by atoms with Crippen molar-refractivity contribution in [2.45, 2.75) is 19.4 Å². The summed E-state index contributed by atoms with van der Waals surface area (Å²) in [6.45, 7) is 10.3. The minimum Gasteiger partial charge on any atom is -0.314 e. The molecule has 2 rings (SSSR count). The van der Waals surface area contributed by atoms with Crippen LogP contribution in [0.3, 0.4) is 0 Å². The first-order valence-corrected chi connectivity index (χ1v) is 6.92. The molecule has 1 heterocycles. The van der Waals surface area contributed by atoms with Crippen LogP contribution in [-0.2, 0) is 0 Å². The molecule has 0 aliphatic carbocycles. The van der Waals surface area contributed by atoms with E-state index in [0.717, 1.165) is 37.6 Å². The van der Waals surface area contributed by atoms with Crippen LogP contribution in [-0.4, -0.2) is 31.1 Å². The van der Waals surface area contributed by atoms with E-state index in [1.807, 2.05) is 18.2 Å². The summed E-state index contributed by atoms with van der Waals surface area (Å²) < 4.78 is 0. The maximum Gasteiger partial charge on any atom is 0.0456 e. The van der Waals surface area contributed by atoms with Gasteiger partial charge in [0.15, 0.2) is 0 Å². The van der Waals surface area contributed by atoms with Crippen LogP contribution in [0.25, 0.3) is 0 Å². The van der Waals surface area contributed by atoms with Crippen molar-refractivity contribution in [2.24, 2.45) is 0 Å². The molecule has 1 aromatic carbocycles. The molecule has 1 fully saturated rings. The summed E-state index contributed by atoms with van der Waals surface area (Å²) in [5.41, 5.74) is 2.54. The number of halogens is 1. The lowest BCUT2D eigenvalue weighted by Gasteiger charge is -2.36. The van der Waals surface area contributed by atoms with Gasteiger partial charge in [-0.3, -0.25) is 4.90 Å². The van der Waals surface area contributed by atoms with Gasteiger partial charge in [0, 0.05) is 37.2 Å². The van der Waals surface area contributed by atoms with Crippen LogP contribution in [0.5, 0.6) is 0 Å². The van der Waals surface area contributed by atoms with Crippen molar-refractivity contribution in [2.75, 3.05) is 26.2 Å². The molecular formula is C15H21ClN2. The number of rotatable bonds is 4. The Hall–Kier alpha value is -0.830. The van der Waals surface area contributed by atoms with Crippen LogP contribution in [0.1, 0.15) is 23.6 Å². The summed E-state index contributed by atoms with van der Waals surface area (Å²) in [5, 5.41) is 4.27. The molecule has 0 aromatic heterocycles. The molecule has 98 valence electrons. The number of hydrogen-bond acceptors (Lipinski definition) is 2. The maximum atomic E-state index is 6.40. The molecule has 1 N–H and O–H groups in total. The van der Waals surface area contributed by atoms with Gasteiger partial charge in [-0.2, -0.15) is 0 Å². The Balaban J connectivity index is 2.30. The van der Waals surface area contributed by atoms with Gasteiger partial charge in [0.2, 0.25) is 0 Å². The topological polar surface area (TPSA) is 15.3 Å². The van der Waals surface area contributed by atoms with Crippen molar-refractivity contribution in [1.29, 1.82) is 0 Å². The van der Waals surface area contributed by atoms with Crippen LogP contribution < -0.4 is 5.32 Å². The van der Waals surface area contributed by atoms with E-state index in [0.29, 0.717) is 6.04 Å². The minimum atomic E-state index is 0.360.